The molecule has 1 aromatic heterocycles. The number of allylic oxidation sites excluding steroid dienone is 1. The van der Waals surface area contributed by atoms with Gasteiger partial charge in [0.15, 0.2) is 0 Å². The van der Waals surface area contributed by atoms with Crippen LogP contribution < -0.4 is 15.1 Å². The van der Waals surface area contributed by atoms with Crippen molar-refractivity contribution in [2.75, 3.05) is 75.1 Å². The molecule has 41 heavy (non-hydrogen) atoms. The van der Waals surface area contributed by atoms with Crippen LogP contribution in [0.25, 0.3) is 11.1 Å². The second-order valence-electron chi connectivity index (χ2n) is 10.5. The van der Waals surface area contributed by atoms with E-state index in [-0.39, 0.29) is 17.2 Å². The Morgan fingerprint density at radius 3 is 2.46 bits per heavy atom. The van der Waals surface area contributed by atoms with Crippen LogP contribution in [0.3, 0.4) is 0 Å². The lowest BCUT2D eigenvalue weighted by Gasteiger charge is -2.39. The molecule has 2 fully saturated rings. The Morgan fingerprint density at radius 2 is 1.80 bits per heavy atom. The number of nitrogens with zero attached hydrogens (tertiary/aromatic N) is 6. The molecule has 4 heterocycles. The number of piperazine rings is 1. The fourth-order valence-corrected chi connectivity index (χ4v) is 5.07. The van der Waals surface area contributed by atoms with Crippen molar-refractivity contribution in [3.05, 3.63) is 66.0 Å². The number of amides is 1. The van der Waals surface area contributed by atoms with Gasteiger partial charge in [-0.25, -0.2) is 23.1 Å². The molecule has 3 aliphatic heterocycles. The molecule has 0 bridgehead atoms. The number of nitrogens with one attached hydrogen (secondary N) is 1. The third kappa shape index (κ3) is 6.08. The topological polar surface area (TPSA) is 77.1 Å². The second-order valence-corrected chi connectivity index (χ2v) is 10.5. The van der Waals surface area contributed by atoms with Crippen LogP contribution in [0.1, 0.15) is 6.92 Å². The van der Waals surface area contributed by atoms with Crippen LogP contribution in [0.2, 0.25) is 0 Å². The van der Waals surface area contributed by atoms with Gasteiger partial charge < -0.3 is 29.7 Å². The van der Waals surface area contributed by atoms with Crippen LogP contribution in [0.4, 0.5) is 30.5 Å². The number of alkyl halides is 2. The monoisotopic (exact) mass is 569 g/mol. The summed E-state index contributed by atoms with van der Waals surface area (Å²) in [4.78, 5) is 30.0. The first kappa shape index (κ1) is 28.6. The van der Waals surface area contributed by atoms with Gasteiger partial charge in [-0.3, -0.25) is 4.79 Å². The van der Waals surface area contributed by atoms with E-state index in [1.54, 1.807) is 19.4 Å². The molecule has 1 amide bonds. The van der Waals surface area contributed by atoms with Crippen molar-refractivity contribution in [3.8, 4) is 11.1 Å². The number of carbonyl (C=O) groups excluding carboxylic acids is 1. The minimum absolute atomic E-state index is 0.184. The summed E-state index contributed by atoms with van der Waals surface area (Å²) in [5.41, 5.74) is 1.13. The van der Waals surface area contributed by atoms with Crippen molar-refractivity contribution in [2.24, 2.45) is 0 Å². The van der Waals surface area contributed by atoms with Crippen LogP contribution in [-0.4, -0.2) is 98.2 Å². The number of hydrogen-bond donors (Lipinski definition) is 1. The lowest BCUT2D eigenvalue weighted by molar-refractivity contribution is -0.112. The molecule has 0 spiro atoms. The summed E-state index contributed by atoms with van der Waals surface area (Å²) in [5, 5.41) is 2.80. The molecular weight excluding hydrogens is 535 g/mol. The number of ether oxygens (including phenoxy) is 1. The van der Waals surface area contributed by atoms with Crippen molar-refractivity contribution < 1.29 is 22.7 Å². The van der Waals surface area contributed by atoms with Gasteiger partial charge in [-0.05, 0) is 32.2 Å². The predicted molar refractivity (Wildman–Crippen MR) is 152 cm³/mol. The van der Waals surface area contributed by atoms with E-state index in [4.69, 9.17) is 4.74 Å². The normalized spacial score (nSPS) is 20.3. The van der Waals surface area contributed by atoms with E-state index in [1.807, 2.05) is 16.8 Å². The molecule has 0 unspecified atom stereocenters. The van der Waals surface area contributed by atoms with Gasteiger partial charge in [0, 0.05) is 86.8 Å². The van der Waals surface area contributed by atoms with Crippen LogP contribution in [-0.2, 0) is 9.53 Å². The summed E-state index contributed by atoms with van der Waals surface area (Å²) in [6.07, 6.45) is 2.75. The van der Waals surface area contributed by atoms with Crippen molar-refractivity contribution >= 4 is 23.2 Å². The molecule has 3 aliphatic rings. The Balaban J connectivity index is 1.50. The number of aromatic nitrogens is 2. The Labute approximate surface area is 237 Å². The number of benzene rings is 1. The minimum atomic E-state index is -2.87. The summed E-state index contributed by atoms with van der Waals surface area (Å²) in [5.74, 6) is -0.709. The van der Waals surface area contributed by atoms with E-state index in [0.717, 1.165) is 6.54 Å². The number of rotatable bonds is 6. The van der Waals surface area contributed by atoms with E-state index < -0.39 is 23.7 Å². The fraction of sp³-hybridized carbons (Fsp3) is 0.414. The van der Waals surface area contributed by atoms with Crippen molar-refractivity contribution in [2.45, 2.75) is 19.4 Å². The van der Waals surface area contributed by atoms with Gasteiger partial charge in [-0.2, -0.15) is 0 Å². The third-order valence-electron chi connectivity index (χ3n) is 7.77. The SMILES string of the molecule is C=C1C=C(C(F)F)C(C(=O)Nc2cc(-c3cnc(N4CCOCC4)nc3)c(F)cc2N2CCN(C)[C@@H](C)C2)=CN1C. The van der Waals surface area contributed by atoms with Gasteiger partial charge in [0.1, 0.15) is 5.82 Å². The molecule has 12 heteroatoms. The first-order valence-corrected chi connectivity index (χ1v) is 13.5. The summed E-state index contributed by atoms with van der Waals surface area (Å²) in [6.45, 7) is 10.3. The maximum Gasteiger partial charge on any atom is 0.264 e. The van der Waals surface area contributed by atoms with E-state index in [2.05, 4.69) is 33.7 Å². The van der Waals surface area contributed by atoms with E-state index in [9.17, 15) is 13.6 Å². The molecule has 218 valence electrons. The molecule has 5 rings (SSSR count). The molecule has 1 N–H and O–H groups in total. The molecule has 9 nitrogen and oxygen atoms in total. The number of morpholine rings is 1. The summed E-state index contributed by atoms with van der Waals surface area (Å²) in [6, 6.07) is 3.09. The zero-order valence-corrected chi connectivity index (χ0v) is 23.4. The van der Waals surface area contributed by atoms with Gasteiger partial charge in [-0.1, -0.05) is 6.58 Å². The highest BCUT2D eigenvalue weighted by Crippen LogP contribution is 2.36. The van der Waals surface area contributed by atoms with Crippen LogP contribution >= 0.6 is 0 Å². The first-order valence-electron chi connectivity index (χ1n) is 13.5. The highest BCUT2D eigenvalue weighted by molar-refractivity contribution is 6.09. The molecule has 0 aliphatic carbocycles. The lowest BCUT2D eigenvalue weighted by atomic mass is 10.0. The summed E-state index contributed by atoms with van der Waals surface area (Å²) < 4.78 is 48.8. The van der Waals surface area contributed by atoms with E-state index in [0.29, 0.717) is 68.0 Å². The minimum Gasteiger partial charge on any atom is -0.378 e. The van der Waals surface area contributed by atoms with Crippen molar-refractivity contribution in [1.29, 1.82) is 0 Å². The predicted octanol–water partition coefficient (Wildman–Crippen LogP) is 3.73. The van der Waals surface area contributed by atoms with Crippen molar-refractivity contribution in [3.63, 3.8) is 0 Å². The summed E-state index contributed by atoms with van der Waals surface area (Å²) >= 11 is 0. The number of likely N-dealkylation sites (N-methyl/N-ethyl adjacent to an activating group) is 2. The first-order chi connectivity index (χ1) is 19.6. The Bertz CT molecular complexity index is 1370. The highest BCUT2D eigenvalue weighted by atomic mass is 19.3. The standard InChI is InChI=1S/C29H34F3N7O2/c1-18-11-22(27(31)32)23(17-37(18)4)28(40)35-25-12-21(20-14-33-29(34-15-20)38-7-9-41-10-8-38)24(30)13-26(25)39-6-5-36(3)19(2)16-39/h11-15,17,19,27H,1,5-10,16H2,2-4H3,(H,35,40)/t19-/m0/s1. The number of halogens is 3. The Kier molecular flexibility index (Phi) is 8.32. The van der Waals surface area contributed by atoms with Crippen LogP contribution in [0.15, 0.2) is 60.2 Å². The number of hydrogen-bond acceptors (Lipinski definition) is 8. The quantitative estimate of drug-likeness (QED) is 0.564. The maximum atomic E-state index is 15.7. The van der Waals surface area contributed by atoms with Gasteiger partial charge in [0.05, 0.1) is 30.2 Å². The van der Waals surface area contributed by atoms with Crippen molar-refractivity contribution in [1.82, 2.24) is 19.8 Å². The molecule has 1 atom stereocenters. The lowest BCUT2D eigenvalue weighted by Crippen LogP contribution is -2.50. The molecular formula is C29H34F3N7O2. The van der Waals surface area contributed by atoms with E-state index >= 15 is 4.39 Å². The third-order valence-corrected chi connectivity index (χ3v) is 7.77. The zero-order chi connectivity index (χ0) is 29.3. The highest BCUT2D eigenvalue weighted by Gasteiger charge is 2.29. The fourth-order valence-electron chi connectivity index (χ4n) is 5.07. The largest absolute Gasteiger partial charge is 0.378 e. The van der Waals surface area contributed by atoms with Gasteiger partial charge in [0.25, 0.3) is 12.3 Å². The molecule has 1 aromatic carbocycles. The van der Waals surface area contributed by atoms with Gasteiger partial charge >= 0.3 is 0 Å². The van der Waals surface area contributed by atoms with Crippen LogP contribution in [0.5, 0.6) is 0 Å². The van der Waals surface area contributed by atoms with E-state index in [1.165, 1.54) is 29.3 Å². The van der Waals surface area contributed by atoms with Gasteiger partial charge in [-0.15, -0.1) is 0 Å². The Hall–Kier alpha value is -3.90. The Morgan fingerprint density at radius 1 is 1.10 bits per heavy atom. The zero-order valence-electron chi connectivity index (χ0n) is 23.4. The maximum absolute atomic E-state index is 15.7. The number of carbonyl (C=O) groups is 1. The molecule has 0 radical (unpaired) electrons. The number of anilines is 3. The van der Waals surface area contributed by atoms with Crippen LogP contribution in [0, 0.1) is 5.82 Å². The average molecular weight is 570 g/mol. The smallest absolute Gasteiger partial charge is 0.264 e. The molecule has 0 saturated carbocycles. The second kappa shape index (κ2) is 11.9. The van der Waals surface area contributed by atoms with Gasteiger partial charge in [0.2, 0.25) is 5.95 Å². The summed E-state index contributed by atoms with van der Waals surface area (Å²) in [7, 11) is 3.65. The molecule has 2 aromatic rings. The average Bonchev–Trinajstić information content (AvgIpc) is 2.97. The molecule has 2 saturated heterocycles.